The second-order valence-electron chi connectivity index (χ2n) is 5.35. The Balaban J connectivity index is 0.000000184. The Hall–Kier alpha value is -1.23. The van der Waals surface area contributed by atoms with Crippen molar-refractivity contribution >= 4 is 17.5 Å². The van der Waals surface area contributed by atoms with Crippen LogP contribution in [0.2, 0.25) is 0 Å². The van der Waals surface area contributed by atoms with Crippen LogP contribution in [0.3, 0.4) is 0 Å². The predicted octanol–water partition coefficient (Wildman–Crippen LogP) is 1.44. The SMILES string of the molecule is COC1(C)CC(C(C)=O)C1.O=C1CC(C(=O)O)C1. The van der Waals surface area contributed by atoms with E-state index in [9.17, 15) is 14.4 Å². The maximum absolute atomic E-state index is 10.8. The van der Waals surface area contributed by atoms with Crippen molar-refractivity contribution in [2.45, 2.75) is 45.1 Å². The molecule has 0 aromatic heterocycles. The number of Topliss-reactive ketones (excluding diaryl/α,β-unsaturated/α-hetero) is 2. The molecule has 2 rings (SSSR count). The van der Waals surface area contributed by atoms with E-state index in [1.165, 1.54) is 0 Å². The summed E-state index contributed by atoms with van der Waals surface area (Å²) in [6, 6.07) is 0. The molecule has 2 fully saturated rings. The van der Waals surface area contributed by atoms with Gasteiger partial charge >= 0.3 is 5.97 Å². The van der Waals surface area contributed by atoms with Gasteiger partial charge in [0, 0.05) is 25.9 Å². The van der Waals surface area contributed by atoms with Gasteiger partial charge in [-0.25, -0.2) is 0 Å². The minimum atomic E-state index is -0.843. The van der Waals surface area contributed by atoms with E-state index < -0.39 is 5.97 Å². The highest BCUT2D eigenvalue weighted by Crippen LogP contribution is 2.40. The number of carboxylic acids is 1. The molecule has 0 unspecified atom stereocenters. The molecule has 0 bridgehead atoms. The lowest BCUT2D eigenvalue weighted by atomic mass is 9.70. The van der Waals surface area contributed by atoms with Crippen molar-refractivity contribution in [3.05, 3.63) is 0 Å². The number of ether oxygens (including phenoxy) is 1. The van der Waals surface area contributed by atoms with Gasteiger partial charge in [-0.05, 0) is 26.7 Å². The Morgan fingerprint density at radius 3 is 2.00 bits per heavy atom. The number of hydrogen-bond donors (Lipinski definition) is 1. The molecular weight excluding hydrogens is 236 g/mol. The van der Waals surface area contributed by atoms with Gasteiger partial charge < -0.3 is 9.84 Å². The van der Waals surface area contributed by atoms with Crippen LogP contribution in [0, 0.1) is 11.8 Å². The summed E-state index contributed by atoms with van der Waals surface area (Å²) in [6.07, 6.45) is 2.29. The highest BCUT2D eigenvalue weighted by molar-refractivity contribution is 5.93. The van der Waals surface area contributed by atoms with Gasteiger partial charge in [-0.3, -0.25) is 14.4 Å². The molecule has 0 aromatic rings. The first-order chi connectivity index (χ1) is 8.27. The van der Waals surface area contributed by atoms with Crippen molar-refractivity contribution in [3.63, 3.8) is 0 Å². The number of hydrogen-bond acceptors (Lipinski definition) is 4. The van der Waals surface area contributed by atoms with Crippen LogP contribution >= 0.6 is 0 Å². The summed E-state index contributed by atoms with van der Waals surface area (Å²) >= 11 is 0. The molecule has 2 aliphatic rings. The third kappa shape index (κ3) is 3.63. The molecule has 0 aliphatic heterocycles. The lowest BCUT2D eigenvalue weighted by Gasteiger charge is -2.42. The lowest BCUT2D eigenvalue weighted by molar-refractivity contribution is -0.149. The van der Waals surface area contributed by atoms with Crippen molar-refractivity contribution < 1.29 is 24.2 Å². The first kappa shape index (κ1) is 14.8. The van der Waals surface area contributed by atoms with Crippen molar-refractivity contribution in [1.82, 2.24) is 0 Å². The van der Waals surface area contributed by atoms with Crippen LogP contribution in [0.15, 0.2) is 0 Å². The maximum Gasteiger partial charge on any atom is 0.307 e. The number of aliphatic carboxylic acids is 1. The molecule has 0 heterocycles. The van der Waals surface area contributed by atoms with Crippen molar-refractivity contribution in [2.75, 3.05) is 7.11 Å². The summed E-state index contributed by atoms with van der Waals surface area (Å²) in [5, 5.41) is 8.20. The minimum absolute atomic E-state index is 0.00363. The van der Waals surface area contributed by atoms with E-state index in [-0.39, 0.29) is 36.1 Å². The zero-order valence-electron chi connectivity index (χ0n) is 11.1. The second-order valence-corrected chi connectivity index (χ2v) is 5.35. The Kier molecular flexibility index (Phi) is 4.62. The summed E-state index contributed by atoms with van der Waals surface area (Å²) < 4.78 is 5.20. The summed E-state index contributed by atoms with van der Waals surface area (Å²) in [5.41, 5.74) is -0.00363. The molecule has 5 heteroatoms. The van der Waals surface area contributed by atoms with Gasteiger partial charge in [0.2, 0.25) is 0 Å². The van der Waals surface area contributed by atoms with Crippen LogP contribution in [0.4, 0.5) is 0 Å². The lowest BCUT2D eigenvalue weighted by Crippen LogP contribution is -2.45. The van der Waals surface area contributed by atoms with Crippen LogP contribution in [-0.4, -0.2) is 35.4 Å². The molecule has 5 nitrogen and oxygen atoms in total. The largest absolute Gasteiger partial charge is 0.481 e. The fraction of sp³-hybridized carbons (Fsp3) is 0.769. The third-order valence-electron chi connectivity index (χ3n) is 3.72. The summed E-state index contributed by atoms with van der Waals surface area (Å²) in [4.78, 5) is 30.9. The molecule has 0 atom stereocenters. The number of carbonyl (C=O) groups is 3. The van der Waals surface area contributed by atoms with Gasteiger partial charge in [0.05, 0.1) is 11.5 Å². The number of methoxy groups -OCH3 is 1. The standard InChI is InChI=1S/C8H14O2.C5H6O3/c1-6(9)7-4-8(2,5-7)10-3;6-4-1-3(2-4)5(7)8/h7H,4-5H2,1-3H3;3H,1-2H2,(H,7,8). The monoisotopic (exact) mass is 256 g/mol. The normalized spacial score (nSPS) is 30.6. The fourth-order valence-corrected chi connectivity index (χ4v) is 2.10. The van der Waals surface area contributed by atoms with Crippen molar-refractivity contribution in [2.24, 2.45) is 11.8 Å². The first-order valence-corrected chi connectivity index (χ1v) is 6.07. The molecule has 0 aromatic carbocycles. The Morgan fingerprint density at radius 1 is 1.28 bits per heavy atom. The van der Waals surface area contributed by atoms with Gasteiger partial charge in [-0.2, -0.15) is 0 Å². The van der Waals surface area contributed by atoms with E-state index in [0.717, 1.165) is 12.8 Å². The molecule has 2 aliphatic carbocycles. The van der Waals surface area contributed by atoms with E-state index in [0.29, 0.717) is 5.78 Å². The molecule has 0 amide bonds. The van der Waals surface area contributed by atoms with E-state index in [2.05, 4.69) is 0 Å². The molecule has 1 N–H and O–H groups in total. The van der Waals surface area contributed by atoms with Gasteiger partial charge in [-0.15, -0.1) is 0 Å². The summed E-state index contributed by atoms with van der Waals surface area (Å²) in [5.74, 6) is -0.580. The third-order valence-corrected chi connectivity index (χ3v) is 3.72. The molecule has 0 radical (unpaired) electrons. The van der Waals surface area contributed by atoms with E-state index in [1.54, 1.807) is 14.0 Å². The first-order valence-electron chi connectivity index (χ1n) is 6.07. The molecule has 0 spiro atoms. The summed E-state index contributed by atoms with van der Waals surface area (Å²) in [6.45, 7) is 3.70. The Morgan fingerprint density at radius 2 is 1.78 bits per heavy atom. The maximum atomic E-state index is 10.8. The van der Waals surface area contributed by atoms with Gasteiger partial charge in [0.15, 0.2) is 0 Å². The van der Waals surface area contributed by atoms with E-state index >= 15 is 0 Å². The molecule has 0 saturated heterocycles. The molecule has 18 heavy (non-hydrogen) atoms. The van der Waals surface area contributed by atoms with E-state index in [1.807, 2.05) is 6.92 Å². The van der Waals surface area contributed by atoms with Gasteiger partial charge in [0.25, 0.3) is 0 Å². The smallest absolute Gasteiger partial charge is 0.307 e. The quantitative estimate of drug-likeness (QED) is 0.826. The number of carboxylic acid groups (broad SMARTS) is 1. The molecule has 102 valence electrons. The van der Waals surface area contributed by atoms with Crippen LogP contribution in [0.1, 0.15) is 39.5 Å². The number of carbonyl (C=O) groups excluding carboxylic acids is 2. The van der Waals surface area contributed by atoms with Crippen molar-refractivity contribution in [3.8, 4) is 0 Å². The minimum Gasteiger partial charge on any atom is -0.481 e. The average molecular weight is 256 g/mol. The van der Waals surface area contributed by atoms with Gasteiger partial charge in [-0.1, -0.05) is 0 Å². The molecular formula is C13H20O5. The average Bonchev–Trinajstić information content (AvgIpc) is 2.20. The molecule has 2 saturated carbocycles. The second kappa shape index (κ2) is 5.61. The van der Waals surface area contributed by atoms with Crippen molar-refractivity contribution in [1.29, 1.82) is 0 Å². The Labute approximate surface area is 107 Å². The van der Waals surface area contributed by atoms with Crippen LogP contribution in [0.25, 0.3) is 0 Å². The highest BCUT2D eigenvalue weighted by atomic mass is 16.5. The number of ketones is 2. The zero-order chi connectivity index (χ0) is 13.9. The predicted molar refractivity (Wildman–Crippen MR) is 64.2 cm³/mol. The zero-order valence-corrected chi connectivity index (χ0v) is 11.1. The Bertz CT molecular complexity index is 346. The highest BCUT2D eigenvalue weighted by Gasteiger charge is 2.42. The van der Waals surface area contributed by atoms with Crippen LogP contribution in [-0.2, 0) is 19.1 Å². The number of rotatable bonds is 3. The van der Waals surface area contributed by atoms with Crippen LogP contribution < -0.4 is 0 Å². The van der Waals surface area contributed by atoms with E-state index in [4.69, 9.17) is 9.84 Å². The van der Waals surface area contributed by atoms with Gasteiger partial charge in [0.1, 0.15) is 11.6 Å². The topological polar surface area (TPSA) is 80.7 Å². The fourth-order valence-electron chi connectivity index (χ4n) is 2.10. The summed E-state index contributed by atoms with van der Waals surface area (Å²) in [7, 11) is 1.70. The van der Waals surface area contributed by atoms with Crippen LogP contribution in [0.5, 0.6) is 0 Å².